The predicted molar refractivity (Wildman–Crippen MR) is 137 cm³/mol. The van der Waals surface area contributed by atoms with Crippen molar-refractivity contribution in [3.63, 3.8) is 0 Å². The van der Waals surface area contributed by atoms with Gasteiger partial charge < -0.3 is 9.47 Å². The summed E-state index contributed by atoms with van der Waals surface area (Å²) in [6.07, 6.45) is 3.33. The Morgan fingerprint density at radius 2 is 1.84 bits per heavy atom. The first-order valence-electron chi connectivity index (χ1n) is 11.9. The molecule has 1 saturated heterocycles. The number of thioether (sulfide) groups is 1. The second-order valence-corrected chi connectivity index (χ2v) is 10.7. The molecule has 1 fully saturated rings. The second-order valence-electron chi connectivity index (χ2n) is 9.47. The zero-order chi connectivity index (χ0) is 22.5. The number of allylic oxidation sites excluding steroid dienone is 1. The highest BCUT2D eigenvalue weighted by molar-refractivity contribution is 7.99. The molecule has 4 heteroatoms. The summed E-state index contributed by atoms with van der Waals surface area (Å²) in [7, 11) is 1.74. The van der Waals surface area contributed by atoms with E-state index in [9.17, 15) is 0 Å². The molecule has 0 N–H and O–H groups in total. The highest BCUT2D eigenvalue weighted by Gasteiger charge is 2.20. The molecule has 2 aromatic rings. The number of hydrogen-bond acceptors (Lipinski definition) is 4. The van der Waals surface area contributed by atoms with Crippen LogP contribution in [0.25, 0.3) is 5.57 Å². The summed E-state index contributed by atoms with van der Waals surface area (Å²) >= 11 is 2.08. The van der Waals surface area contributed by atoms with Gasteiger partial charge in [0.1, 0.15) is 18.1 Å². The molecule has 1 heterocycles. The van der Waals surface area contributed by atoms with Crippen molar-refractivity contribution in [2.75, 3.05) is 38.2 Å². The van der Waals surface area contributed by atoms with Crippen molar-refractivity contribution >= 4 is 17.3 Å². The summed E-state index contributed by atoms with van der Waals surface area (Å²) < 4.78 is 11.8. The van der Waals surface area contributed by atoms with Gasteiger partial charge in [0.05, 0.1) is 7.11 Å². The zero-order valence-corrected chi connectivity index (χ0v) is 20.9. The van der Waals surface area contributed by atoms with Gasteiger partial charge in [-0.25, -0.2) is 0 Å². The maximum absolute atomic E-state index is 6.20. The third-order valence-electron chi connectivity index (χ3n) is 6.62. The standard InChI is InChI=1S/C28H37NO2S/c1-20(2)15-22-5-6-25(28(16-22)30-4)19-31-26-9-10-27-21(3)24(8-7-23(27)17-26)18-29-11-13-32-14-12-29/h5-6,9-10,16-17,20H,7-8,11-15,18-19H2,1-4H3. The van der Waals surface area contributed by atoms with E-state index in [2.05, 4.69) is 73.8 Å². The number of benzene rings is 2. The molecule has 0 radical (unpaired) electrons. The first-order valence-corrected chi connectivity index (χ1v) is 13.1. The Bertz CT molecular complexity index is 960. The molecule has 2 aliphatic rings. The van der Waals surface area contributed by atoms with Crippen LogP contribution >= 0.6 is 11.8 Å². The molecule has 0 saturated carbocycles. The van der Waals surface area contributed by atoms with Gasteiger partial charge in [-0.2, -0.15) is 11.8 Å². The zero-order valence-electron chi connectivity index (χ0n) is 20.1. The van der Waals surface area contributed by atoms with Crippen LogP contribution in [0.3, 0.4) is 0 Å². The molecule has 0 bridgehead atoms. The molecule has 172 valence electrons. The smallest absolute Gasteiger partial charge is 0.125 e. The van der Waals surface area contributed by atoms with Gasteiger partial charge >= 0.3 is 0 Å². The minimum atomic E-state index is 0.525. The van der Waals surface area contributed by atoms with Crippen molar-refractivity contribution in [2.24, 2.45) is 5.92 Å². The van der Waals surface area contributed by atoms with Gasteiger partial charge in [-0.1, -0.05) is 37.6 Å². The molecular weight excluding hydrogens is 414 g/mol. The fourth-order valence-electron chi connectivity index (χ4n) is 4.79. The third-order valence-corrected chi connectivity index (χ3v) is 7.56. The van der Waals surface area contributed by atoms with E-state index in [1.165, 1.54) is 46.9 Å². The van der Waals surface area contributed by atoms with E-state index in [1.807, 2.05) is 0 Å². The van der Waals surface area contributed by atoms with E-state index < -0.39 is 0 Å². The molecular formula is C28H37NO2S. The maximum Gasteiger partial charge on any atom is 0.125 e. The van der Waals surface area contributed by atoms with Gasteiger partial charge in [0.2, 0.25) is 0 Å². The van der Waals surface area contributed by atoms with Crippen molar-refractivity contribution in [2.45, 2.75) is 46.6 Å². The van der Waals surface area contributed by atoms with Crippen LogP contribution in [0.5, 0.6) is 11.5 Å². The number of nitrogens with zero attached hydrogens (tertiary/aromatic N) is 1. The lowest BCUT2D eigenvalue weighted by Gasteiger charge is -2.30. The fourth-order valence-corrected chi connectivity index (χ4v) is 5.77. The number of fused-ring (bicyclic) bond motifs is 1. The van der Waals surface area contributed by atoms with Crippen LogP contribution in [0.15, 0.2) is 42.0 Å². The SMILES string of the molecule is COc1cc(CC(C)C)ccc1COc1ccc2c(c1)CCC(CN1CCSCC1)=C2C. The Morgan fingerprint density at radius 1 is 1.03 bits per heavy atom. The lowest BCUT2D eigenvalue weighted by Crippen LogP contribution is -2.34. The first-order chi connectivity index (χ1) is 15.5. The molecule has 32 heavy (non-hydrogen) atoms. The Labute approximate surface area is 198 Å². The van der Waals surface area contributed by atoms with E-state index in [4.69, 9.17) is 9.47 Å². The molecule has 0 aromatic heterocycles. The Balaban J connectivity index is 1.43. The number of rotatable bonds is 8. The van der Waals surface area contributed by atoms with Crippen LogP contribution in [-0.4, -0.2) is 43.1 Å². The minimum absolute atomic E-state index is 0.525. The number of aryl methyl sites for hydroxylation is 1. The second kappa shape index (κ2) is 10.8. The van der Waals surface area contributed by atoms with E-state index >= 15 is 0 Å². The van der Waals surface area contributed by atoms with E-state index in [1.54, 1.807) is 12.7 Å². The Hall–Kier alpha value is -1.91. The molecule has 0 atom stereocenters. The average Bonchev–Trinajstić information content (AvgIpc) is 2.80. The van der Waals surface area contributed by atoms with Gasteiger partial charge in [0, 0.05) is 36.7 Å². The fraction of sp³-hybridized carbons (Fsp3) is 0.500. The normalized spacial score (nSPS) is 16.9. The highest BCUT2D eigenvalue weighted by atomic mass is 32.2. The van der Waals surface area contributed by atoms with Crippen LogP contribution < -0.4 is 9.47 Å². The molecule has 0 amide bonds. The summed E-state index contributed by atoms with van der Waals surface area (Å²) in [6, 6.07) is 13.1. The van der Waals surface area contributed by atoms with Gasteiger partial charge in [0.15, 0.2) is 0 Å². The molecule has 1 aliphatic carbocycles. The molecule has 0 spiro atoms. The van der Waals surface area contributed by atoms with Crippen molar-refractivity contribution in [3.05, 3.63) is 64.2 Å². The molecule has 3 nitrogen and oxygen atoms in total. The van der Waals surface area contributed by atoms with E-state index in [0.717, 1.165) is 42.9 Å². The summed E-state index contributed by atoms with van der Waals surface area (Å²) in [5.74, 6) is 5.04. The lowest BCUT2D eigenvalue weighted by atomic mass is 9.86. The summed E-state index contributed by atoms with van der Waals surface area (Å²) in [5.41, 5.74) is 8.31. The van der Waals surface area contributed by atoms with Crippen LogP contribution in [0, 0.1) is 5.92 Å². The van der Waals surface area contributed by atoms with Crippen LogP contribution in [0.2, 0.25) is 0 Å². The van der Waals surface area contributed by atoms with Crippen molar-refractivity contribution in [1.29, 1.82) is 0 Å². The van der Waals surface area contributed by atoms with Gasteiger partial charge in [-0.05, 0) is 72.6 Å². The van der Waals surface area contributed by atoms with Crippen LogP contribution in [0.4, 0.5) is 0 Å². The van der Waals surface area contributed by atoms with E-state index in [0.29, 0.717) is 12.5 Å². The molecule has 4 rings (SSSR count). The van der Waals surface area contributed by atoms with Gasteiger partial charge in [0.25, 0.3) is 0 Å². The largest absolute Gasteiger partial charge is 0.496 e. The van der Waals surface area contributed by atoms with Crippen molar-refractivity contribution in [1.82, 2.24) is 4.90 Å². The lowest BCUT2D eigenvalue weighted by molar-refractivity contribution is 0.296. The quantitative estimate of drug-likeness (QED) is 0.473. The van der Waals surface area contributed by atoms with Crippen LogP contribution in [-0.2, 0) is 19.4 Å². The first kappa shape index (κ1) is 23.3. The van der Waals surface area contributed by atoms with Gasteiger partial charge in [-0.3, -0.25) is 4.90 Å². The number of hydrogen-bond donors (Lipinski definition) is 0. The monoisotopic (exact) mass is 451 g/mol. The summed E-state index contributed by atoms with van der Waals surface area (Å²) in [6.45, 7) is 10.9. The molecule has 2 aromatic carbocycles. The third kappa shape index (κ3) is 5.71. The predicted octanol–water partition coefficient (Wildman–Crippen LogP) is 6.24. The number of ether oxygens (including phenoxy) is 2. The van der Waals surface area contributed by atoms with Gasteiger partial charge in [-0.15, -0.1) is 0 Å². The topological polar surface area (TPSA) is 21.7 Å². The summed E-state index contributed by atoms with van der Waals surface area (Å²) in [5, 5.41) is 0. The van der Waals surface area contributed by atoms with Crippen LogP contribution in [0.1, 0.15) is 49.4 Å². The molecule has 0 unspecified atom stereocenters. The maximum atomic E-state index is 6.20. The Morgan fingerprint density at radius 3 is 2.59 bits per heavy atom. The van der Waals surface area contributed by atoms with E-state index in [-0.39, 0.29) is 0 Å². The van der Waals surface area contributed by atoms with Crippen molar-refractivity contribution in [3.8, 4) is 11.5 Å². The number of methoxy groups -OCH3 is 1. The van der Waals surface area contributed by atoms with Crippen molar-refractivity contribution < 1.29 is 9.47 Å². The Kier molecular flexibility index (Phi) is 7.85. The minimum Gasteiger partial charge on any atom is -0.496 e. The highest BCUT2D eigenvalue weighted by Crippen LogP contribution is 2.34. The molecule has 1 aliphatic heterocycles. The average molecular weight is 452 g/mol. The summed E-state index contributed by atoms with van der Waals surface area (Å²) in [4.78, 5) is 2.62.